The number of rotatable bonds is 6. The van der Waals surface area contributed by atoms with Crippen LogP contribution in [0.1, 0.15) is 25.1 Å². The SMILES string of the molecule is CC(c1ccncn1)N(C)CCCn1cnnn1. The molecular weight excluding hydrogens is 230 g/mol. The van der Waals surface area contributed by atoms with Gasteiger partial charge in [-0.05, 0) is 36.9 Å². The van der Waals surface area contributed by atoms with Crippen LogP contribution < -0.4 is 0 Å². The first-order valence-corrected chi connectivity index (χ1v) is 5.94. The fourth-order valence-electron chi connectivity index (χ4n) is 1.73. The van der Waals surface area contributed by atoms with E-state index in [1.165, 1.54) is 0 Å². The first-order valence-electron chi connectivity index (χ1n) is 5.94. The Balaban J connectivity index is 1.79. The number of aryl methyl sites for hydroxylation is 1. The van der Waals surface area contributed by atoms with Gasteiger partial charge in [-0.3, -0.25) is 4.90 Å². The highest BCUT2D eigenvalue weighted by atomic mass is 15.5. The zero-order valence-electron chi connectivity index (χ0n) is 10.6. The fraction of sp³-hybridized carbons (Fsp3) is 0.545. The second kappa shape index (κ2) is 6.15. The zero-order chi connectivity index (χ0) is 12.8. The minimum atomic E-state index is 0.280. The molecule has 0 fully saturated rings. The molecule has 0 N–H and O–H groups in total. The molecule has 2 aromatic rings. The van der Waals surface area contributed by atoms with Crippen LogP contribution in [0.25, 0.3) is 0 Å². The van der Waals surface area contributed by atoms with E-state index in [0.717, 1.165) is 25.2 Å². The largest absolute Gasteiger partial charge is 0.298 e. The molecule has 0 amide bonds. The smallest absolute Gasteiger partial charge is 0.138 e. The molecule has 2 aromatic heterocycles. The Bertz CT molecular complexity index is 442. The molecule has 18 heavy (non-hydrogen) atoms. The van der Waals surface area contributed by atoms with Crippen molar-refractivity contribution in [2.45, 2.75) is 25.9 Å². The van der Waals surface area contributed by atoms with Crippen molar-refractivity contribution in [2.24, 2.45) is 0 Å². The van der Waals surface area contributed by atoms with Crippen molar-refractivity contribution in [1.29, 1.82) is 0 Å². The van der Waals surface area contributed by atoms with E-state index in [0.29, 0.717) is 0 Å². The third kappa shape index (κ3) is 3.30. The van der Waals surface area contributed by atoms with Gasteiger partial charge in [0.2, 0.25) is 0 Å². The molecule has 1 unspecified atom stereocenters. The Hall–Kier alpha value is -1.89. The first kappa shape index (κ1) is 12.6. The van der Waals surface area contributed by atoms with Crippen LogP contribution in [0.5, 0.6) is 0 Å². The second-order valence-corrected chi connectivity index (χ2v) is 4.22. The molecule has 0 aliphatic heterocycles. The Morgan fingerprint density at radius 2 is 2.33 bits per heavy atom. The molecule has 7 nitrogen and oxygen atoms in total. The van der Waals surface area contributed by atoms with E-state index < -0.39 is 0 Å². The number of hydrogen-bond acceptors (Lipinski definition) is 6. The minimum absolute atomic E-state index is 0.280. The van der Waals surface area contributed by atoms with Crippen LogP contribution in [0.3, 0.4) is 0 Å². The lowest BCUT2D eigenvalue weighted by Crippen LogP contribution is -2.25. The van der Waals surface area contributed by atoms with Gasteiger partial charge in [0.15, 0.2) is 0 Å². The molecule has 0 aliphatic carbocycles. The third-order valence-electron chi connectivity index (χ3n) is 2.98. The lowest BCUT2D eigenvalue weighted by molar-refractivity contribution is 0.247. The molecule has 0 aliphatic rings. The van der Waals surface area contributed by atoms with Crippen LogP contribution in [-0.4, -0.2) is 48.7 Å². The van der Waals surface area contributed by atoms with Crippen LogP contribution in [0, 0.1) is 0 Å². The lowest BCUT2D eigenvalue weighted by Gasteiger charge is -2.23. The van der Waals surface area contributed by atoms with Crippen molar-refractivity contribution in [2.75, 3.05) is 13.6 Å². The van der Waals surface area contributed by atoms with Gasteiger partial charge in [-0.1, -0.05) is 0 Å². The maximum Gasteiger partial charge on any atom is 0.138 e. The third-order valence-corrected chi connectivity index (χ3v) is 2.98. The van der Waals surface area contributed by atoms with E-state index in [2.05, 4.69) is 44.4 Å². The van der Waals surface area contributed by atoms with Crippen molar-refractivity contribution < 1.29 is 0 Å². The monoisotopic (exact) mass is 247 g/mol. The Morgan fingerprint density at radius 3 is 3.00 bits per heavy atom. The summed E-state index contributed by atoms with van der Waals surface area (Å²) in [7, 11) is 2.09. The molecular formula is C11H17N7. The van der Waals surface area contributed by atoms with Gasteiger partial charge in [-0.15, -0.1) is 5.10 Å². The molecule has 0 bridgehead atoms. The summed E-state index contributed by atoms with van der Waals surface area (Å²) in [5.74, 6) is 0. The van der Waals surface area contributed by atoms with Gasteiger partial charge in [-0.2, -0.15) is 0 Å². The summed E-state index contributed by atoms with van der Waals surface area (Å²) in [6.45, 7) is 3.93. The summed E-state index contributed by atoms with van der Waals surface area (Å²) in [6.07, 6.45) is 5.99. The summed E-state index contributed by atoms with van der Waals surface area (Å²) >= 11 is 0. The summed E-state index contributed by atoms with van der Waals surface area (Å²) in [4.78, 5) is 10.5. The molecule has 0 radical (unpaired) electrons. The topological polar surface area (TPSA) is 72.6 Å². The molecule has 96 valence electrons. The zero-order valence-corrected chi connectivity index (χ0v) is 10.6. The van der Waals surface area contributed by atoms with E-state index in [4.69, 9.17) is 0 Å². The van der Waals surface area contributed by atoms with Crippen molar-refractivity contribution in [3.05, 3.63) is 30.6 Å². The first-order chi connectivity index (χ1) is 8.77. The van der Waals surface area contributed by atoms with E-state index >= 15 is 0 Å². The lowest BCUT2D eigenvalue weighted by atomic mass is 10.2. The van der Waals surface area contributed by atoms with Gasteiger partial charge in [0.25, 0.3) is 0 Å². The van der Waals surface area contributed by atoms with Crippen LogP contribution in [-0.2, 0) is 6.54 Å². The molecule has 7 heteroatoms. The maximum atomic E-state index is 4.27. The van der Waals surface area contributed by atoms with Gasteiger partial charge in [-0.25, -0.2) is 14.6 Å². The van der Waals surface area contributed by atoms with Crippen LogP contribution in [0.4, 0.5) is 0 Å². The predicted octanol–water partition coefficient (Wildman–Crippen LogP) is 0.546. The second-order valence-electron chi connectivity index (χ2n) is 4.22. The predicted molar refractivity (Wildman–Crippen MR) is 65.5 cm³/mol. The maximum absolute atomic E-state index is 4.27. The highest BCUT2D eigenvalue weighted by Crippen LogP contribution is 2.15. The molecule has 0 spiro atoms. The summed E-state index contributed by atoms with van der Waals surface area (Å²) in [5, 5.41) is 11.0. The van der Waals surface area contributed by atoms with Crippen LogP contribution in [0.2, 0.25) is 0 Å². The van der Waals surface area contributed by atoms with Crippen LogP contribution >= 0.6 is 0 Å². The van der Waals surface area contributed by atoms with Gasteiger partial charge >= 0.3 is 0 Å². The van der Waals surface area contributed by atoms with E-state index in [-0.39, 0.29) is 6.04 Å². The summed E-state index contributed by atoms with van der Waals surface area (Å²) in [6, 6.07) is 2.23. The highest BCUT2D eigenvalue weighted by molar-refractivity contribution is 5.03. The van der Waals surface area contributed by atoms with Crippen molar-refractivity contribution in [3.8, 4) is 0 Å². The minimum Gasteiger partial charge on any atom is -0.298 e. The van der Waals surface area contributed by atoms with E-state index in [1.54, 1.807) is 23.5 Å². The standard InChI is InChI=1S/C11H17N7/c1-10(11-4-5-12-8-13-11)17(2)6-3-7-18-9-14-15-16-18/h4-5,8-10H,3,6-7H2,1-2H3. The number of aromatic nitrogens is 6. The number of nitrogens with zero attached hydrogens (tertiary/aromatic N) is 7. The molecule has 0 saturated carbocycles. The Morgan fingerprint density at radius 1 is 1.44 bits per heavy atom. The average molecular weight is 247 g/mol. The van der Waals surface area contributed by atoms with Crippen LogP contribution in [0.15, 0.2) is 24.9 Å². The van der Waals surface area contributed by atoms with Crippen molar-refractivity contribution >= 4 is 0 Å². The Kier molecular flexibility index (Phi) is 4.30. The molecule has 0 aromatic carbocycles. The van der Waals surface area contributed by atoms with Gasteiger partial charge in [0, 0.05) is 25.3 Å². The Labute approximate surface area is 106 Å². The van der Waals surface area contributed by atoms with E-state index in [9.17, 15) is 0 Å². The van der Waals surface area contributed by atoms with Crippen molar-refractivity contribution in [3.63, 3.8) is 0 Å². The normalized spacial score (nSPS) is 12.8. The van der Waals surface area contributed by atoms with Gasteiger partial charge < -0.3 is 0 Å². The van der Waals surface area contributed by atoms with Gasteiger partial charge in [0.05, 0.1) is 5.69 Å². The molecule has 2 heterocycles. The quantitative estimate of drug-likeness (QED) is 0.742. The average Bonchev–Trinajstić information content (AvgIpc) is 2.92. The fourth-order valence-corrected chi connectivity index (χ4v) is 1.73. The van der Waals surface area contributed by atoms with Crippen molar-refractivity contribution in [1.82, 2.24) is 35.1 Å². The summed E-state index contributed by atoms with van der Waals surface area (Å²) in [5.41, 5.74) is 1.04. The highest BCUT2D eigenvalue weighted by Gasteiger charge is 2.12. The van der Waals surface area contributed by atoms with E-state index in [1.807, 2.05) is 6.07 Å². The number of tetrazole rings is 1. The summed E-state index contributed by atoms with van der Waals surface area (Å²) < 4.78 is 1.74. The van der Waals surface area contributed by atoms with Gasteiger partial charge in [0.1, 0.15) is 12.7 Å². The molecule has 2 rings (SSSR count). The molecule has 1 atom stereocenters. The number of hydrogen-bond donors (Lipinski definition) is 0. The molecule has 0 saturated heterocycles.